The monoisotopic (exact) mass is 236 g/mol. The van der Waals surface area contributed by atoms with E-state index in [2.05, 4.69) is 22.6 Å². The van der Waals surface area contributed by atoms with Crippen LogP contribution in [0.5, 0.6) is 0 Å². The lowest BCUT2D eigenvalue weighted by molar-refractivity contribution is 0.282. The van der Waals surface area contributed by atoms with Gasteiger partial charge in [0, 0.05) is 3.57 Å². The van der Waals surface area contributed by atoms with Crippen molar-refractivity contribution in [1.82, 2.24) is 0 Å². The Morgan fingerprint density at radius 3 is 2.89 bits per heavy atom. The summed E-state index contributed by atoms with van der Waals surface area (Å²) >= 11 is 2.07. The van der Waals surface area contributed by atoms with Crippen LogP contribution in [0.25, 0.3) is 0 Å². The molecule has 0 aromatic heterocycles. The zero-order valence-corrected chi connectivity index (χ0v) is 6.79. The van der Waals surface area contributed by atoms with Gasteiger partial charge in [-0.15, -0.1) is 0 Å². The van der Waals surface area contributed by atoms with Crippen molar-refractivity contribution in [3.05, 3.63) is 33.4 Å². The zero-order valence-electron chi connectivity index (χ0n) is 6.63. The molecule has 0 atom stereocenters. The van der Waals surface area contributed by atoms with Gasteiger partial charge in [0.25, 0.3) is 0 Å². The number of hydrogen-bond donors (Lipinski definition) is 1. The SMILES string of the molecule is [2H]C([2H])(O)c1cccc(I)c1. The molecule has 1 aromatic rings. The van der Waals surface area contributed by atoms with Gasteiger partial charge in [-0.1, -0.05) is 12.1 Å². The molecule has 9 heavy (non-hydrogen) atoms. The summed E-state index contributed by atoms with van der Waals surface area (Å²) in [5, 5.41) is 8.94. The Kier molecular flexibility index (Phi) is 1.65. The van der Waals surface area contributed by atoms with Crippen LogP contribution in [-0.2, 0) is 6.56 Å². The molecule has 0 radical (unpaired) electrons. The molecule has 0 amide bonds. The van der Waals surface area contributed by atoms with Gasteiger partial charge in [-0.2, -0.15) is 0 Å². The number of aliphatic hydroxyl groups is 1. The molecule has 0 heterocycles. The predicted molar refractivity (Wildman–Crippen MR) is 45.1 cm³/mol. The van der Waals surface area contributed by atoms with Gasteiger partial charge in [-0.3, -0.25) is 0 Å². The zero-order chi connectivity index (χ0) is 8.48. The lowest BCUT2D eigenvalue weighted by Crippen LogP contribution is -1.81. The first-order chi connectivity index (χ1) is 5.00. The van der Waals surface area contributed by atoms with Crippen LogP contribution in [-0.4, -0.2) is 5.11 Å². The van der Waals surface area contributed by atoms with E-state index in [1.54, 1.807) is 18.2 Å². The Morgan fingerprint density at radius 2 is 2.44 bits per heavy atom. The second-order valence-corrected chi connectivity index (χ2v) is 2.87. The van der Waals surface area contributed by atoms with Crippen molar-refractivity contribution in [2.45, 2.75) is 6.56 Å². The molecule has 0 aliphatic rings. The number of benzene rings is 1. The average Bonchev–Trinajstić information content (AvgIpc) is 1.86. The quantitative estimate of drug-likeness (QED) is 0.737. The second-order valence-electron chi connectivity index (χ2n) is 1.62. The largest absolute Gasteiger partial charge is 0.392 e. The topological polar surface area (TPSA) is 20.2 Å². The van der Waals surface area contributed by atoms with Crippen molar-refractivity contribution in [1.29, 1.82) is 0 Å². The van der Waals surface area contributed by atoms with E-state index < -0.39 is 6.56 Å². The van der Waals surface area contributed by atoms with Gasteiger partial charge < -0.3 is 5.11 Å². The number of hydrogen-bond acceptors (Lipinski definition) is 1. The second kappa shape index (κ2) is 3.17. The van der Waals surface area contributed by atoms with Gasteiger partial charge in [0.05, 0.1) is 9.30 Å². The minimum absolute atomic E-state index is 0.296. The molecule has 0 unspecified atom stereocenters. The lowest BCUT2D eigenvalue weighted by atomic mass is 10.2. The molecule has 0 spiro atoms. The van der Waals surface area contributed by atoms with Gasteiger partial charge in [0.2, 0.25) is 0 Å². The first kappa shape index (κ1) is 4.68. The van der Waals surface area contributed by atoms with E-state index in [0.29, 0.717) is 5.56 Å². The Bertz CT molecular complexity index is 257. The van der Waals surface area contributed by atoms with Crippen LogP contribution in [0.4, 0.5) is 0 Å². The van der Waals surface area contributed by atoms with Crippen LogP contribution < -0.4 is 0 Å². The van der Waals surface area contributed by atoms with Crippen molar-refractivity contribution >= 4 is 22.6 Å². The van der Waals surface area contributed by atoms with Gasteiger partial charge in [-0.05, 0) is 40.3 Å². The molecular weight excluding hydrogens is 227 g/mol. The third kappa shape index (κ3) is 1.95. The van der Waals surface area contributed by atoms with Gasteiger partial charge >= 0.3 is 0 Å². The summed E-state index contributed by atoms with van der Waals surface area (Å²) in [6.45, 7) is -2.22. The Morgan fingerprint density at radius 1 is 1.67 bits per heavy atom. The highest BCUT2D eigenvalue weighted by molar-refractivity contribution is 14.1. The predicted octanol–water partition coefficient (Wildman–Crippen LogP) is 1.78. The van der Waals surface area contributed by atoms with E-state index >= 15 is 0 Å². The van der Waals surface area contributed by atoms with Gasteiger partial charge in [0.1, 0.15) is 0 Å². The fourth-order valence-corrected chi connectivity index (χ4v) is 1.10. The van der Waals surface area contributed by atoms with E-state index in [9.17, 15) is 0 Å². The van der Waals surface area contributed by atoms with Crippen LogP contribution in [0, 0.1) is 3.57 Å². The normalized spacial score (nSPS) is 14.4. The number of rotatable bonds is 1. The molecule has 1 N–H and O–H groups in total. The highest BCUT2D eigenvalue weighted by atomic mass is 127. The molecule has 1 nitrogen and oxygen atoms in total. The third-order valence-electron chi connectivity index (χ3n) is 0.954. The summed E-state index contributed by atoms with van der Waals surface area (Å²) in [6, 6.07) is 6.73. The Hall–Kier alpha value is -0.0900. The summed E-state index contributed by atoms with van der Waals surface area (Å²) in [5.74, 6) is 0. The molecule has 1 rings (SSSR count). The van der Waals surface area contributed by atoms with Crippen LogP contribution in [0.1, 0.15) is 8.30 Å². The number of halogens is 1. The van der Waals surface area contributed by atoms with E-state index in [0.717, 1.165) is 3.57 Å². The standard InChI is InChI=1S/C7H7IO/c8-7-3-1-2-6(4-7)5-9/h1-4,9H,5H2/i5D2. The minimum Gasteiger partial charge on any atom is -0.392 e. The maximum absolute atomic E-state index is 8.94. The fraction of sp³-hybridized carbons (Fsp3) is 0.143. The third-order valence-corrected chi connectivity index (χ3v) is 1.62. The molecule has 0 saturated carbocycles. The first-order valence-electron chi connectivity index (χ1n) is 3.48. The highest BCUT2D eigenvalue weighted by Crippen LogP contribution is 2.06. The molecule has 48 valence electrons. The van der Waals surface area contributed by atoms with Crippen LogP contribution in [0.3, 0.4) is 0 Å². The van der Waals surface area contributed by atoms with Crippen molar-refractivity contribution < 1.29 is 7.85 Å². The van der Waals surface area contributed by atoms with E-state index in [1.165, 1.54) is 0 Å². The average molecular weight is 236 g/mol. The summed E-state index contributed by atoms with van der Waals surface area (Å²) in [5.41, 5.74) is 0.296. The maximum Gasteiger partial charge on any atom is 0.0682 e. The maximum atomic E-state index is 8.94. The van der Waals surface area contributed by atoms with E-state index in [1.807, 2.05) is 6.07 Å². The van der Waals surface area contributed by atoms with Crippen LogP contribution in [0.2, 0.25) is 0 Å². The van der Waals surface area contributed by atoms with Gasteiger partial charge in [0.15, 0.2) is 0 Å². The van der Waals surface area contributed by atoms with Crippen LogP contribution in [0.15, 0.2) is 24.3 Å². The first-order valence-corrected chi connectivity index (χ1v) is 3.56. The van der Waals surface area contributed by atoms with Crippen molar-refractivity contribution in [3.8, 4) is 0 Å². The van der Waals surface area contributed by atoms with Crippen LogP contribution >= 0.6 is 22.6 Å². The summed E-state index contributed by atoms with van der Waals surface area (Å²) in [7, 11) is 0. The molecule has 0 saturated heterocycles. The van der Waals surface area contributed by atoms with Crippen molar-refractivity contribution in [2.75, 3.05) is 0 Å². The Labute approximate surface area is 70.7 Å². The lowest BCUT2D eigenvalue weighted by Gasteiger charge is -1.93. The van der Waals surface area contributed by atoms with E-state index in [-0.39, 0.29) is 0 Å². The molecular formula is C7H7IO. The Balaban J connectivity index is 3.06. The smallest absolute Gasteiger partial charge is 0.0682 e. The highest BCUT2D eigenvalue weighted by Gasteiger charge is 1.88. The minimum atomic E-state index is -2.22. The molecule has 2 heteroatoms. The van der Waals surface area contributed by atoms with Crippen molar-refractivity contribution in [2.24, 2.45) is 0 Å². The van der Waals surface area contributed by atoms with Gasteiger partial charge in [-0.25, -0.2) is 0 Å². The van der Waals surface area contributed by atoms with Crippen molar-refractivity contribution in [3.63, 3.8) is 0 Å². The molecule has 0 fully saturated rings. The fourth-order valence-electron chi connectivity index (χ4n) is 0.558. The molecule has 0 aliphatic heterocycles. The molecule has 1 aromatic carbocycles. The molecule has 0 aliphatic carbocycles. The summed E-state index contributed by atoms with van der Waals surface area (Å²) < 4.78 is 14.9. The molecule has 0 bridgehead atoms. The summed E-state index contributed by atoms with van der Waals surface area (Å²) in [6.07, 6.45) is 0. The summed E-state index contributed by atoms with van der Waals surface area (Å²) in [4.78, 5) is 0. The van der Waals surface area contributed by atoms with E-state index in [4.69, 9.17) is 7.85 Å².